The highest BCUT2D eigenvalue weighted by Crippen LogP contribution is 2.29. The minimum Gasteiger partial charge on any atom is -0.204 e. The first-order valence-electron chi connectivity index (χ1n) is 4.96. The first-order chi connectivity index (χ1) is 7.18. The van der Waals surface area contributed by atoms with E-state index in [9.17, 15) is 8.78 Å². The molecule has 0 fully saturated rings. The van der Waals surface area contributed by atoms with Crippen molar-refractivity contribution >= 4 is 15.9 Å². The largest absolute Gasteiger partial charge is 0.204 e. The van der Waals surface area contributed by atoms with Gasteiger partial charge in [0.05, 0.1) is 0 Å². The van der Waals surface area contributed by atoms with Crippen molar-refractivity contribution in [2.45, 2.75) is 19.3 Å². The molecule has 0 unspecified atom stereocenters. The quantitative estimate of drug-likeness (QED) is 0.558. The molecule has 0 aliphatic heterocycles. The predicted octanol–water partition coefficient (Wildman–Crippen LogP) is 4.24. The van der Waals surface area contributed by atoms with Crippen molar-refractivity contribution in [3.63, 3.8) is 0 Å². The molecule has 3 heteroatoms. The zero-order valence-corrected chi connectivity index (χ0v) is 9.73. The first-order valence-corrected chi connectivity index (χ1v) is 5.75. The number of benzene rings is 1. The van der Waals surface area contributed by atoms with Gasteiger partial charge in [-0.2, -0.15) is 0 Å². The van der Waals surface area contributed by atoms with Crippen molar-refractivity contribution in [2.24, 2.45) is 5.92 Å². The molecule has 0 spiro atoms. The van der Waals surface area contributed by atoms with Gasteiger partial charge in [-0.05, 0) is 37.3 Å². The summed E-state index contributed by atoms with van der Waals surface area (Å²) in [4.78, 5) is 0. The van der Waals surface area contributed by atoms with Gasteiger partial charge in [0.25, 0.3) is 0 Å². The van der Waals surface area contributed by atoms with Crippen LogP contribution in [0.25, 0.3) is 0 Å². The maximum absolute atomic E-state index is 13.5. The molecule has 0 amide bonds. The van der Waals surface area contributed by atoms with Crippen LogP contribution in [0.15, 0.2) is 28.8 Å². The highest BCUT2D eigenvalue weighted by molar-refractivity contribution is 9.10. The molecule has 0 saturated carbocycles. The number of hydrogen-bond acceptors (Lipinski definition) is 0. The second kappa shape index (κ2) is 4.44. The summed E-state index contributed by atoms with van der Waals surface area (Å²) in [6.45, 7) is 0. The summed E-state index contributed by atoms with van der Waals surface area (Å²) in [6, 6.07) is 2.71. The van der Waals surface area contributed by atoms with Gasteiger partial charge in [0.2, 0.25) is 0 Å². The van der Waals surface area contributed by atoms with E-state index in [4.69, 9.17) is 0 Å². The van der Waals surface area contributed by atoms with Crippen LogP contribution in [0.4, 0.5) is 8.78 Å². The minimum atomic E-state index is -0.765. The van der Waals surface area contributed by atoms with Gasteiger partial charge >= 0.3 is 0 Å². The molecule has 1 aliphatic rings. The van der Waals surface area contributed by atoms with Gasteiger partial charge in [0, 0.05) is 10.0 Å². The molecule has 80 valence electrons. The summed E-state index contributed by atoms with van der Waals surface area (Å²) < 4.78 is 27.2. The third kappa shape index (κ3) is 2.28. The van der Waals surface area contributed by atoms with E-state index in [0.29, 0.717) is 22.4 Å². The Morgan fingerprint density at radius 3 is 2.53 bits per heavy atom. The topological polar surface area (TPSA) is 0 Å². The van der Waals surface area contributed by atoms with Crippen LogP contribution in [0.2, 0.25) is 0 Å². The number of allylic oxidation sites excluding steroid dienone is 2. The van der Waals surface area contributed by atoms with E-state index >= 15 is 0 Å². The molecule has 0 heterocycles. The first kappa shape index (κ1) is 10.8. The molecule has 0 radical (unpaired) electrons. The Bertz CT molecular complexity index is 391. The van der Waals surface area contributed by atoms with Gasteiger partial charge in [-0.15, -0.1) is 0 Å². The minimum absolute atomic E-state index is 0.414. The van der Waals surface area contributed by atoms with Crippen LogP contribution in [-0.2, 0) is 6.42 Å². The van der Waals surface area contributed by atoms with Crippen LogP contribution < -0.4 is 0 Å². The van der Waals surface area contributed by atoms with Gasteiger partial charge in [-0.3, -0.25) is 0 Å². The molecular formula is C12H11BrF2. The standard InChI is InChI=1S/C12H11BrF2/c13-10-5-6-11(14)12(15)9(10)7-8-3-1-2-4-8/h1-2,5-6,8H,3-4,7H2. The van der Waals surface area contributed by atoms with Gasteiger partial charge in [-0.25, -0.2) is 8.78 Å². The number of halogens is 3. The lowest BCUT2D eigenvalue weighted by molar-refractivity contribution is 0.479. The van der Waals surface area contributed by atoms with Crippen molar-refractivity contribution in [2.75, 3.05) is 0 Å². The fraction of sp³-hybridized carbons (Fsp3) is 0.333. The second-order valence-electron chi connectivity index (χ2n) is 3.83. The molecule has 0 bridgehead atoms. The highest BCUT2D eigenvalue weighted by atomic mass is 79.9. The van der Waals surface area contributed by atoms with Crippen molar-refractivity contribution in [3.8, 4) is 0 Å². The maximum Gasteiger partial charge on any atom is 0.163 e. The second-order valence-corrected chi connectivity index (χ2v) is 4.69. The van der Waals surface area contributed by atoms with E-state index < -0.39 is 11.6 Å². The van der Waals surface area contributed by atoms with Crippen molar-refractivity contribution in [3.05, 3.63) is 46.0 Å². The molecule has 0 aromatic heterocycles. The zero-order valence-electron chi connectivity index (χ0n) is 8.14. The van der Waals surface area contributed by atoms with Crippen LogP contribution in [-0.4, -0.2) is 0 Å². The molecular weight excluding hydrogens is 262 g/mol. The fourth-order valence-electron chi connectivity index (χ4n) is 1.89. The summed E-state index contributed by atoms with van der Waals surface area (Å²) >= 11 is 3.26. The lowest BCUT2D eigenvalue weighted by Crippen LogP contribution is -2.04. The molecule has 0 atom stereocenters. The Balaban J connectivity index is 2.23. The number of rotatable bonds is 2. The molecule has 2 rings (SSSR count). The summed E-state index contributed by atoms with van der Waals surface area (Å²) in [5.41, 5.74) is 0.462. The molecule has 0 saturated heterocycles. The fourth-order valence-corrected chi connectivity index (χ4v) is 2.35. The molecule has 1 aromatic carbocycles. The molecule has 15 heavy (non-hydrogen) atoms. The van der Waals surface area contributed by atoms with Crippen molar-refractivity contribution < 1.29 is 8.78 Å². The summed E-state index contributed by atoms with van der Waals surface area (Å²) in [5.74, 6) is -1.06. The summed E-state index contributed by atoms with van der Waals surface area (Å²) in [6.07, 6.45) is 6.70. The van der Waals surface area contributed by atoms with Gasteiger partial charge in [0.1, 0.15) is 0 Å². The van der Waals surface area contributed by atoms with Crippen LogP contribution in [0.1, 0.15) is 18.4 Å². The van der Waals surface area contributed by atoms with Crippen molar-refractivity contribution in [1.82, 2.24) is 0 Å². The average Bonchev–Trinajstić information content (AvgIpc) is 2.71. The monoisotopic (exact) mass is 272 g/mol. The van der Waals surface area contributed by atoms with Crippen molar-refractivity contribution in [1.29, 1.82) is 0 Å². The van der Waals surface area contributed by atoms with E-state index in [-0.39, 0.29) is 0 Å². The Morgan fingerprint density at radius 1 is 1.20 bits per heavy atom. The van der Waals surface area contributed by atoms with E-state index in [1.165, 1.54) is 0 Å². The van der Waals surface area contributed by atoms with Crippen LogP contribution >= 0.6 is 15.9 Å². The maximum atomic E-state index is 13.5. The van der Waals surface area contributed by atoms with Crippen LogP contribution in [0.3, 0.4) is 0 Å². The van der Waals surface area contributed by atoms with E-state index in [0.717, 1.165) is 18.9 Å². The molecule has 0 N–H and O–H groups in total. The van der Waals surface area contributed by atoms with E-state index in [1.807, 2.05) is 0 Å². The summed E-state index contributed by atoms with van der Waals surface area (Å²) in [5, 5.41) is 0. The van der Waals surface area contributed by atoms with Gasteiger partial charge in [0.15, 0.2) is 11.6 Å². The zero-order chi connectivity index (χ0) is 10.8. The van der Waals surface area contributed by atoms with E-state index in [2.05, 4.69) is 28.1 Å². The van der Waals surface area contributed by atoms with Gasteiger partial charge in [-0.1, -0.05) is 28.1 Å². The third-order valence-corrected chi connectivity index (χ3v) is 3.48. The Kier molecular flexibility index (Phi) is 3.19. The SMILES string of the molecule is Fc1ccc(Br)c(CC2CC=CC2)c1F. The summed E-state index contributed by atoms with van der Waals surface area (Å²) in [7, 11) is 0. The average molecular weight is 273 g/mol. The number of hydrogen-bond donors (Lipinski definition) is 0. The Labute approximate surface area is 96.1 Å². The van der Waals surface area contributed by atoms with Crippen LogP contribution in [0, 0.1) is 17.6 Å². The highest BCUT2D eigenvalue weighted by Gasteiger charge is 2.17. The van der Waals surface area contributed by atoms with E-state index in [1.54, 1.807) is 6.07 Å². The Hall–Kier alpha value is -0.700. The Morgan fingerprint density at radius 2 is 1.87 bits per heavy atom. The normalized spacial score (nSPS) is 16.2. The predicted molar refractivity (Wildman–Crippen MR) is 59.6 cm³/mol. The third-order valence-electron chi connectivity index (χ3n) is 2.74. The molecule has 0 nitrogen and oxygen atoms in total. The lowest BCUT2D eigenvalue weighted by atomic mass is 9.97. The molecule has 1 aromatic rings. The molecule has 1 aliphatic carbocycles. The smallest absolute Gasteiger partial charge is 0.163 e. The lowest BCUT2D eigenvalue weighted by Gasteiger charge is -2.11. The van der Waals surface area contributed by atoms with Gasteiger partial charge < -0.3 is 0 Å². The van der Waals surface area contributed by atoms with Crippen LogP contribution in [0.5, 0.6) is 0 Å².